The highest BCUT2D eigenvalue weighted by atomic mass is 16.2. The molecule has 0 unspecified atom stereocenters. The van der Waals surface area contributed by atoms with Crippen LogP contribution < -0.4 is 10.6 Å². The molecule has 124 valence electrons. The van der Waals surface area contributed by atoms with E-state index in [2.05, 4.69) is 10.6 Å². The summed E-state index contributed by atoms with van der Waals surface area (Å²) >= 11 is 0. The molecular weight excluding hydrogens is 264 g/mol. The summed E-state index contributed by atoms with van der Waals surface area (Å²) in [7, 11) is 0. The van der Waals surface area contributed by atoms with Crippen LogP contribution in [0.1, 0.15) is 73.6 Å². The van der Waals surface area contributed by atoms with Gasteiger partial charge in [0, 0.05) is 23.9 Å². The van der Waals surface area contributed by atoms with Crippen molar-refractivity contribution >= 4 is 11.8 Å². The van der Waals surface area contributed by atoms with E-state index in [1.807, 2.05) is 41.5 Å². The van der Waals surface area contributed by atoms with E-state index in [1.165, 1.54) is 0 Å². The summed E-state index contributed by atoms with van der Waals surface area (Å²) in [6.45, 7) is 13.4. The summed E-state index contributed by atoms with van der Waals surface area (Å²) in [5.41, 5.74) is -0.556. The Balaban J connectivity index is 3.67. The molecule has 21 heavy (non-hydrogen) atoms. The van der Waals surface area contributed by atoms with Crippen molar-refractivity contribution in [3.05, 3.63) is 0 Å². The normalized spacial score (nSPS) is 12.1. The van der Waals surface area contributed by atoms with Gasteiger partial charge in [-0.3, -0.25) is 9.59 Å². The standard InChI is InChI=1S/C17H34N2O2/c1-7-16(3,4)14(20)18-12-10-9-11-13-19-15(21)17(5,6)8-2/h7-13H2,1-6H3,(H,18,20)(H,19,21). The maximum absolute atomic E-state index is 11.8. The van der Waals surface area contributed by atoms with Gasteiger partial charge >= 0.3 is 0 Å². The van der Waals surface area contributed by atoms with Crippen molar-refractivity contribution in [3.63, 3.8) is 0 Å². The topological polar surface area (TPSA) is 58.2 Å². The van der Waals surface area contributed by atoms with Crippen molar-refractivity contribution in [1.82, 2.24) is 10.6 Å². The Hall–Kier alpha value is -1.06. The molecule has 0 aliphatic heterocycles. The highest BCUT2D eigenvalue weighted by Gasteiger charge is 2.25. The second-order valence-corrected chi connectivity index (χ2v) is 7.05. The minimum atomic E-state index is -0.278. The number of carbonyl (C=O) groups excluding carboxylic acids is 2. The van der Waals surface area contributed by atoms with Crippen LogP contribution >= 0.6 is 0 Å². The highest BCUT2D eigenvalue weighted by Crippen LogP contribution is 2.20. The third-order valence-electron chi connectivity index (χ3n) is 4.42. The molecule has 2 amide bonds. The Morgan fingerprint density at radius 3 is 1.33 bits per heavy atom. The maximum Gasteiger partial charge on any atom is 0.225 e. The molecule has 0 saturated heterocycles. The highest BCUT2D eigenvalue weighted by molar-refractivity contribution is 5.82. The van der Waals surface area contributed by atoms with Crippen molar-refractivity contribution in [3.8, 4) is 0 Å². The molecule has 0 saturated carbocycles. The quantitative estimate of drug-likeness (QED) is 0.608. The molecule has 0 fully saturated rings. The monoisotopic (exact) mass is 298 g/mol. The third kappa shape index (κ3) is 7.49. The second-order valence-electron chi connectivity index (χ2n) is 7.05. The van der Waals surface area contributed by atoms with Gasteiger partial charge in [-0.2, -0.15) is 0 Å². The molecule has 0 atom stereocenters. The minimum absolute atomic E-state index is 0.128. The van der Waals surface area contributed by atoms with Gasteiger partial charge in [-0.15, -0.1) is 0 Å². The van der Waals surface area contributed by atoms with Gasteiger partial charge in [0.2, 0.25) is 11.8 Å². The van der Waals surface area contributed by atoms with E-state index in [1.54, 1.807) is 0 Å². The van der Waals surface area contributed by atoms with Crippen LogP contribution in [0.2, 0.25) is 0 Å². The van der Waals surface area contributed by atoms with Gasteiger partial charge in [-0.25, -0.2) is 0 Å². The molecular formula is C17H34N2O2. The largest absolute Gasteiger partial charge is 0.356 e. The molecule has 0 aliphatic rings. The van der Waals surface area contributed by atoms with Crippen LogP contribution in [0.25, 0.3) is 0 Å². The lowest BCUT2D eigenvalue weighted by molar-refractivity contribution is -0.130. The first-order valence-corrected chi connectivity index (χ1v) is 8.24. The van der Waals surface area contributed by atoms with Crippen molar-refractivity contribution in [1.29, 1.82) is 0 Å². The Labute approximate surface area is 130 Å². The SMILES string of the molecule is CCC(C)(C)C(=O)NCCCCCNC(=O)C(C)(C)CC. The first-order valence-electron chi connectivity index (χ1n) is 8.24. The van der Waals surface area contributed by atoms with Crippen LogP contribution in [-0.2, 0) is 9.59 Å². The summed E-state index contributed by atoms with van der Waals surface area (Å²) in [4.78, 5) is 23.7. The molecule has 0 radical (unpaired) electrons. The fraction of sp³-hybridized carbons (Fsp3) is 0.882. The van der Waals surface area contributed by atoms with E-state index in [4.69, 9.17) is 0 Å². The van der Waals surface area contributed by atoms with Crippen LogP contribution in [0.15, 0.2) is 0 Å². The number of amides is 2. The summed E-state index contributed by atoms with van der Waals surface area (Å²) in [5, 5.41) is 5.96. The molecule has 0 aliphatic carbocycles. The zero-order chi connectivity index (χ0) is 16.5. The van der Waals surface area contributed by atoms with Gasteiger partial charge < -0.3 is 10.6 Å². The van der Waals surface area contributed by atoms with Gasteiger partial charge in [0.25, 0.3) is 0 Å². The molecule has 0 spiro atoms. The second kappa shape index (κ2) is 9.06. The van der Waals surface area contributed by atoms with E-state index in [0.717, 1.165) is 45.2 Å². The molecule has 4 heteroatoms. The van der Waals surface area contributed by atoms with Gasteiger partial charge in [0.05, 0.1) is 0 Å². The molecule has 0 heterocycles. The molecule has 2 N–H and O–H groups in total. The lowest BCUT2D eigenvalue weighted by Crippen LogP contribution is -2.37. The summed E-state index contributed by atoms with van der Waals surface area (Å²) in [5.74, 6) is 0.256. The molecule has 0 rings (SSSR count). The lowest BCUT2D eigenvalue weighted by Gasteiger charge is -2.22. The molecule has 0 aromatic heterocycles. The number of hydrogen-bond donors (Lipinski definition) is 2. The van der Waals surface area contributed by atoms with E-state index in [0.29, 0.717) is 0 Å². The molecule has 4 nitrogen and oxygen atoms in total. The molecule has 0 bridgehead atoms. The number of nitrogens with one attached hydrogen (secondary N) is 2. The minimum Gasteiger partial charge on any atom is -0.356 e. The Kier molecular flexibility index (Phi) is 8.60. The summed E-state index contributed by atoms with van der Waals surface area (Å²) in [6.07, 6.45) is 4.62. The summed E-state index contributed by atoms with van der Waals surface area (Å²) < 4.78 is 0. The zero-order valence-electron chi connectivity index (χ0n) is 14.8. The van der Waals surface area contributed by atoms with Crippen molar-refractivity contribution < 1.29 is 9.59 Å². The molecule has 0 aromatic rings. The third-order valence-corrected chi connectivity index (χ3v) is 4.42. The average Bonchev–Trinajstić information content (AvgIpc) is 2.45. The first-order chi connectivity index (χ1) is 9.67. The molecule has 0 aromatic carbocycles. The van der Waals surface area contributed by atoms with Crippen LogP contribution in [0.4, 0.5) is 0 Å². The zero-order valence-corrected chi connectivity index (χ0v) is 14.8. The van der Waals surface area contributed by atoms with Crippen molar-refractivity contribution in [2.45, 2.75) is 73.6 Å². The van der Waals surface area contributed by atoms with Gasteiger partial charge in [-0.05, 0) is 32.1 Å². The van der Waals surface area contributed by atoms with Crippen molar-refractivity contribution in [2.75, 3.05) is 13.1 Å². The Morgan fingerprint density at radius 1 is 0.714 bits per heavy atom. The number of rotatable bonds is 10. The van der Waals surface area contributed by atoms with Gasteiger partial charge in [0.15, 0.2) is 0 Å². The van der Waals surface area contributed by atoms with E-state index in [-0.39, 0.29) is 22.6 Å². The fourth-order valence-corrected chi connectivity index (χ4v) is 1.63. The predicted molar refractivity (Wildman–Crippen MR) is 88.0 cm³/mol. The van der Waals surface area contributed by atoms with E-state index >= 15 is 0 Å². The predicted octanol–water partition coefficient (Wildman–Crippen LogP) is 3.26. The smallest absolute Gasteiger partial charge is 0.225 e. The Bertz CT molecular complexity index is 304. The Morgan fingerprint density at radius 2 is 1.05 bits per heavy atom. The van der Waals surface area contributed by atoms with Gasteiger partial charge in [0.1, 0.15) is 0 Å². The van der Waals surface area contributed by atoms with E-state index < -0.39 is 0 Å². The number of hydrogen-bond acceptors (Lipinski definition) is 2. The fourth-order valence-electron chi connectivity index (χ4n) is 1.63. The first kappa shape index (κ1) is 19.9. The van der Waals surface area contributed by atoms with Crippen LogP contribution in [-0.4, -0.2) is 24.9 Å². The van der Waals surface area contributed by atoms with Gasteiger partial charge in [-0.1, -0.05) is 41.5 Å². The van der Waals surface area contributed by atoms with Crippen molar-refractivity contribution in [2.24, 2.45) is 10.8 Å². The number of carbonyl (C=O) groups is 2. The average molecular weight is 298 g/mol. The number of unbranched alkanes of at least 4 members (excludes halogenated alkanes) is 2. The van der Waals surface area contributed by atoms with E-state index in [9.17, 15) is 9.59 Å². The van der Waals surface area contributed by atoms with Crippen LogP contribution in [0.3, 0.4) is 0 Å². The lowest BCUT2D eigenvalue weighted by atomic mass is 9.89. The van der Waals surface area contributed by atoms with Crippen LogP contribution in [0, 0.1) is 10.8 Å². The summed E-state index contributed by atoms with van der Waals surface area (Å²) in [6, 6.07) is 0. The van der Waals surface area contributed by atoms with Crippen LogP contribution in [0.5, 0.6) is 0 Å². The maximum atomic E-state index is 11.8.